The summed E-state index contributed by atoms with van der Waals surface area (Å²) < 4.78 is 54.6. The number of nitrogens with one attached hydrogen (secondary N) is 1. The molecule has 0 unspecified atom stereocenters. The number of fused-ring (bicyclic) bond motifs is 1. The molecule has 0 saturated heterocycles. The molecular formula is C14H12F4N2O3. The van der Waals surface area contributed by atoms with E-state index in [2.05, 4.69) is 4.98 Å². The number of allylic oxidation sites excluding steroid dienone is 1. The molecule has 9 heteroatoms. The highest BCUT2D eigenvalue weighted by molar-refractivity contribution is 5.75. The van der Waals surface area contributed by atoms with Crippen molar-refractivity contribution in [3.63, 3.8) is 0 Å². The van der Waals surface area contributed by atoms with Crippen molar-refractivity contribution in [2.75, 3.05) is 0 Å². The topological polar surface area (TPSA) is 76.0 Å². The van der Waals surface area contributed by atoms with Gasteiger partial charge in [-0.25, -0.2) is 13.6 Å². The number of hydrogen-bond donors (Lipinski definition) is 1. The SMILES string of the molecule is CC(CCCc1cc(=O)oc2nc(C(F)F)[nH]c(=O)c12)=C(F)F. The van der Waals surface area contributed by atoms with E-state index in [4.69, 9.17) is 4.42 Å². The molecule has 0 atom stereocenters. The average molecular weight is 332 g/mol. The van der Waals surface area contributed by atoms with Crippen LogP contribution in [-0.4, -0.2) is 9.97 Å². The van der Waals surface area contributed by atoms with Gasteiger partial charge in [0.25, 0.3) is 18.1 Å². The van der Waals surface area contributed by atoms with E-state index in [-0.39, 0.29) is 35.8 Å². The van der Waals surface area contributed by atoms with Crippen molar-refractivity contribution in [3.05, 3.63) is 49.9 Å². The van der Waals surface area contributed by atoms with Gasteiger partial charge in [-0.05, 0) is 37.3 Å². The fraction of sp³-hybridized carbons (Fsp3) is 0.357. The Balaban J connectivity index is 2.42. The molecule has 124 valence electrons. The fourth-order valence-corrected chi connectivity index (χ4v) is 2.10. The Hall–Kier alpha value is -2.45. The molecule has 2 rings (SSSR count). The summed E-state index contributed by atoms with van der Waals surface area (Å²) in [4.78, 5) is 28.7. The van der Waals surface area contributed by atoms with Gasteiger partial charge in [0.05, 0.1) is 0 Å². The summed E-state index contributed by atoms with van der Waals surface area (Å²) in [7, 11) is 0. The molecule has 23 heavy (non-hydrogen) atoms. The van der Waals surface area contributed by atoms with Crippen molar-refractivity contribution >= 4 is 11.1 Å². The monoisotopic (exact) mass is 332 g/mol. The smallest absolute Gasteiger partial charge is 0.337 e. The largest absolute Gasteiger partial charge is 0.403 e. The summed E-state index contributed by atoms with van der Waals surface area (Å²) in [6.45, 7) is 1.27. The maximum absolute atomic E-state index is 12.6. The number of aromatic nitrogens is 2. The molecule has 0 fully saturated rings. The van der Waals surface area contributed by atoms with Gasteiger partial charge in [0.15, 0.2) is 5.82 Å². The Labute approximate surface area is 126 Å². The molecule has 0 aromatic carbocycles. The van der Waals surface area contributed by atoms with Crippen molar-refractivity contribution in [3.8, 4) is 0 Å². The first kappa shape index (κ1) is 16.9. The maximum Gasteiger partial charge on any atom is 0.337 e. The Morgan fingerprint density at radius 3 is 2.65 bits per heavy atom. The molecule has 2 heterocycles. The van der Waals surface area contributed by atoms with E-state index < -0.39 is 35.2 Å². The Kier molecular flexibility index (Phi) is 4.97. The zero-order valence-electron chi connectivity index (χ0n) is 12.0. The third-order valence-electron chi connectivity index (χ3n) is 3.24. The van der Waals surface area contributed by atoms with Crippen molar-refractivity contribution in [2.45, 2.75) is 32.6 Å². The van der Waals surface area contributed by atoms with Crippen LogP contribution in [0.4, 0.5) is 17.6 Å². The summed E-state index contributed by atoms with van der Waals surface area (Å²) in [5.41, 5.74) is -2.08. The van der Waals surface area contributed by atoms with Gasteiger partial charge in [0, 0.05) is 6.07 Å². The lowest BCUT2D eigenvalue weighted by Gasteiger charge is -2.06. The van der Waals surface area contributed by atoms with E-state index in [1.54, 1.807) is 0 Å². The van der Waals surface area contributed by atoms with Crippen LogP contribution in [0.2, 0.25) is 0 Å². The molecule has 0 amide bonds. The van der Waals surface area contributed by atoms with Crippen LogP contribution >= 0.6 is 0 Å². The lowest BCUT2D eigenvalue weighted by Crippen LogP contribution is -2.16. The summed E-state index contributed by atoms with van der Waals surface area (Å²) in [6, 6.07) is 1.03. The van der Waals surface area contributed by atoms with Gasteiger partial charge < -0.3 is 9.40 Å². The molecule has 0 aliphatic carbocycles. The second kappa shape index (κ2) is 6.76. The van der Waals surface area contributed by atoms with Gasteiger partial charge in [0.2, 0.25) is 5.71 Å². The maximum atomic E-state index is 12.6. The minimum Gasteiger partial charge on any atom is -0.403 e. The third kappa shape index (κ3) is 3.85. The standard InChI is InChI=1S/C14H12F4N2O3/c1-6(10(15)16)3-2-4-7-5-8(21)23-14-9(7)13(22)19-12(20-14)11(17)18/h5,11H,2-4H2,1H3,(H,19,20,22). The van der Waals surface area contributed by atoms with E-state index in [0.29, 0.717) is 0 Å². The van der Waals surface area contributed by atoms with Gasteiger partial charge in [0.1, 0.15) is 5.39 Å². The first-order valence-electron chi connectivity index (χ1n) is 6.65. The minimum absolute atomic E-state index is 0.0739. The summed E-state index contributed by atoms with van der Waals surface area (Å²) >= 11 is 0. The molecule has 2 aromatic heterocycles. The van der Waals surface area contributed by atoms with Gasteiger partial charge >= 0.3 is 5.63 Å². The van der Waals surface area contributed by atoms with E-state index >= 15 is 0 Å². The molecule has 0 saturated carbocycles. The van der Waals surface area contributed by atoms with Gasteiger partial charge in [-0.3, -0.25) is 4.79 Å². The number of H-pyrrole nitrogens is 1. The first-order valence-corrected chi connectivity index (χ1v) is 6.65. The van der Waals surface area contributed by atoms with Crippen molar-refractivity contribution in [1.82, 2.24) is 9.97 Å². The minimum atomic E-state index is -3.03. The fourth-order valence-electron chi connectivity index (χ4n) is 2.10. The summed E-state index contributed by atoms with van der Waals surface area (Å²) in [5.74, 6) is -0.902. The highest BCUT2D eigenvalue weighted by Gasteiger charge is 2.17. The van der Waals surface area contributed by atoms with E-state index in [0.717, 1.165) is 6.07 Å². The van der Waals surface area contributed by atoms with E-state index in [1.165, 1.54) is 6.92 Å². The molecule has 0 radical (unpaired) electrons. The predicted octanol–water partition coefficient (Wildman–Crippen LogP) is 3.31. The number of halogens is 4. The zero-order valence-corrected chi connectivity index (χ0v) is 12.0. The third-order valence-corrected chi connectivity index (χ3v) is 3.24. The quantitative estimate of drug-likeness (QED) is 0.852. The van der Waals surface area contributed by atoms with Crippen molar-refractivity contribution in [1.29, 1.82) is 0 Å². The van der Waals surface area contributed by atoms with Crippen molar-refractivity contribution in [2.24, 2.45) is 0 Å². The number of rotatable bonds is 5. The van der Waals surface area contributed by atoms with Crippen LogP contribution in [0.3, 0.4) is 0 Å². The molecule has 5 nitrogen and oxygen atoms in total. The Morgan fingerprint density at radius 2 is 2.04 bits per heavy atom. The van der Waals surface area contributed by atoms with Crippen LogP contribution in [0.25, 0.3) is 11.1 Å². The predicted molar refractivity (Wildman–Crippen MR) is 73.7 cm³/mol. The zero-order chi connectivity index (χ0) is 17.1. The molecule has 2 aromatic rings. The molecule has 0 aliphatic rings. The molecular weight excluding hydrogens is 320 g/mol. The second-order valence-corrected chi connectivity index (χ2v) is 4.92. The second-order valence-electron chi connectivity index (χ2n) is 4.92. The Morgan fingerprint density at radius 1 is 1.35 bits per heavy atom. The average Bonchev–Trinajstić information content (AvgIpc) is 2.45. The number of nitrogens with zero attached hydrogens (tertiary/aromatic N) is 1. The number of aryl methyl sites for hydroxylation is 1. The Bertz CT molecular complexity index is 866. The van der Waals surface area contributed by atoms with E-state index in [9.17, 15) is 27.2 Å². The van der Waals surface area contributed by atoms with E-state index in [1.807, 2.05) is 4.98 Å². The molecule has 0 aliphatic heterocycles. The van der Waals surface area contributed by atoms with Crippen molar-refractivity contribution < 1.29 is 22.0 Å². The van der Waals surface area contributed by atoms with Crippen LogP contribution < -0.4 is 11.2 Å². The molecule has 0 bridgehead atoms. The highest BCUT2D eigenvalue weighted by atomic mass is 19.3. The number of alkyl halides is 2. The lowest BCUT2D eigenvalue weighted by atomic mass is 10.0. The van der Waals surface area contributed by atoms with Gasteiger partial charge in [-0.1, -0.05) is 0 Å². The summed E-state index contributed by atoms with van der Waals surface area (Å²) in [6.07, 6.45) is -4.35. The summed E-state index contributed by atoms with van der Waals surface area (Å²) in [5, 5.41) is -0.128. The normalized spacial score (nSPS) is 11.2. The van der Waals surface area contributed by atoms with Gasteiger partial charge in [-0.15, -0.1) is 0 Å². The van der Waals surface area contributed by atoms with Crippen LogP contribution in [0.5, 0.6) is 0 Å². The van der Waals surface area contributed by atoms with Crippen LogP contribution in [0.1, 0.15) is 37.6 Å². The molecule has 0 spiro atoms. The van der Waals surface area contributed by atoms with Crippen LogP contribution in [0.15, 0.2) is 31.7 Å². The highest BCUT2D eigenvalue weighted by Crippen LogP contribution is 2.19. The van der Waals surface area contributed by atoms with Gasteiger partial charge in [-0.2, -0.15) is 13.8 Å². The number of hydrogen-bond acceptors (Lipinski definition) is 4. The number of aromatic amines is 1. The van der Waals surface area contributed by atoms with Crippen LogP contribution in [-0.2, 0) is 6.42 Å². The molecule has 1 N–H and O–H groups in total. The van der Waals surface area contributed by atoms with Crippen LogP contribution in [0, 0.1) is 0 Å². The lowest BCUT2D eigenvalue weighted by molar-refractivity contribution is 0.140. The first-order chi connectivity index (χ1) is 10.8.